The molecule has 0 unspecified atom stereocenters. The minimum atomic E-state index is -1.73. The van der Waals surface area contributed by atoms with Gasteiger partial charge in [-0.1, -0.05) is 60.7 Å². The van der Waals surface area contributed by atoms with Crippen molar-refractivity contribution in [3.63, 3.8) is 0 Å². The van der Waals surface area contributed by atoms with Gasteiger partial charge >= 0.3 is 0 Å². The summed E-state index contributed by atoms with van der Waals surface area (Å²) >= 11 is 0. The van der Waals surface area contributed by atoms with Gasteiger partial charge in [0.2, 0.25) is 11.8 Å². The second-order valence-electron chi connectivity index (χ2n) is 8.92. The zero-order chi connectivity index (χ0) is 22.6. The third kappa shape index (κ3) is 4.30. The number of amides is 2. The number of carbonyl (C=O) groups is 2. The summed E-state index contributed by atoms with van der Waals surface area (Å²) in [4.78, 5) is 28.8. The molecule has 2 aromatic carbocycles. The number of benzene rings is 2. The van der Waals surface area contributed by atoms with Crippen LogP contribution in [0, 0.1) is 0 Å². The minimum absolute atomic E-state index is 0.0160. The van der Waals surface area contributed by atoms with Gasteiger partial charge in [0.25, 0.3) is 0 Å². The molecule has 2 atom stereocenters. The van der Waals surface area contributed by atoms with Crippen LogP contribution in [0.4, 0.5) is 0 Å². The largest absolute Gasteiger partial charge is 0.382 e. The van der Waals surface area contributed by atoms with Crippen LogP contribution < -0.4 is 0 Å². The number of likely N-dealkylation sites (tertiary alicyclic amines) is 2. The second-order valence-corrected chi connectivity index (χ2v) is 8.92. The van der Waals surface area contributed by atoms with Crippen molar-refractivity contribution in [2.75, 3.05) is 26.2 Å². The Morgan fingerprint density at radius 2 is 1.00 bits per heavy atom. The summed E-state index contributed by atoms with van der Waals surface area (Å²) in [6, 6.07) is 18.1. The van der Waals surface area contributed by atoms with Crippen molar-refractivity contribution >= 4 is 11.8 Å². The molecule has 2 aliphatic heterocycles. The lowest BCUT2D eigenvalue weighted by atomic mass is 9.68. The van der Waals surface area contributed by atoms with Crippen molar-refractivity contribution in [3.8, 4) is 0 Å². The zero-order valence-corrected chi connectivity index (χ0v) is 18.4. The highest BCUT2D eigenvalue weighted by Gasteiger charge is 2.51. The molecule has 0 saturated carbocycles. The fourth-order valence-electron chi connectivity index (χ4n) is 4.63. The maximum atomic E-state index is 12.6. The molecule has 2 fully saturated rings. The summed E-state index contributed by atoms with van der Waals surface area (Å²) in [6.07, 6.45) is 2.38. The summed E-state index contributed by atoms with van der Waals surface area (Å²) in [5.41, 5.74) is -2.38. The zero-order valence-electron chi connectivity index (χ0n) is 18.4. The second kappa shape index (κ2) is 9.43. The van der Waals surface area contributed by atoms with E-state index >= 15 is 0 Å². The number of rotatable bonds is 9. The topological polar surface area (TPSA) is 81.1 Å². The Labute approximate surface area is 189 Å². The van der Waals surface area contributed by atoms with E-state index in [1.807, 2.05) is 36.4 Å². The van der Waals surface area contributed by atoms with E-state index < -0.39 is 11.2 Å². The molecule has 2 aromatic rings. The fraction of sp³-hybridized carbons (Fsp3) is 0.462. The quantitative estimate of drug-likeness (QED) is 0.633. The first kappa shape index (κ1) is 22.5. The first-order valence-electron chi connectivity index (χ1n) is 11.6. The third-order valence-electron chi connectivity index (χ3n) is 7.01. The lowest BCUT2D eigenvalue weighted by molar-refractivity contribution is -0.180. The monoisotopic (exact) mass is 436 g/mol. The van der Waals surface area contributed by atoms with Crippen molar-refractivity contribution in [2.45, 2.75) is 49.7 Å². The highest BCUT2D eigenvalue weighted by molar-refractivity contribution is 5.77. The van der Waals surface area contributed by atoms with Crippen molar-refractivity contribution in [1.82, 2.24) is 9.80 Å². The van der Waals surface area contributed by atoms with Crippen LogP contribution in [0.1, 0.15) is 49.7 Å². The number of carbonyl (C=O) groups excluding carboxylic acids is 2. The molecule has 0 bridgehead atoms. The van der Waals surface area contributed by atoms with Crippen LogP contribution in [0.5, 0.6) is 0 Å². The van der Waals surface area contributed by atoms with E-state index in [4.69, 9.17) is 0 Å². The van der Waals surface area contributed by atoms with E-state index in [1.54, 1.807) is 34.1 Å². The molecule has 32 heavy (non-hydrogen) atoms. The van der Waals surface area contributed by atoms with Gasteiger partial charge in [0, 0.05) is 39.0 Å². The molecule has 0 aromatic heterocycles. The molecule has 6 heteroatoms. The molecule has 0 spiro atoms. The number of nitrogens with zero attached hydrogens (tertiary/aromatic N) is 2. The van der Waals surface area contributed by atoms with Crippen LogP contribution in [-0.4, -0.2) is 58.0 Å². The fourth-order valence-corrected chi connectivity index (χ4v) is 4.63. The van der Waals surface area contributed by atoms with Gasteiger partial charge in [-0.2, -0.15) is 0 Å². The van der Waals surface area contributed by atoms with Crippen LogP contribution in [0.25, 0.3) is 0 Å². The van der Waals surface area contributed by atoms with Gasteiger partial charge in [-0.05, 0) is 36.8 Å². The van der Waals surface area contributed by atoms with Crippen molar-refractivity contribution in [3.05, 3.63) is 71.8 Å². The van der Waals surface area contributed by atoms with Crippen LogP contribution in [0.3, 0.4) is 0 Å². The Morgan fingerprint density at radius 1 is 0.656 bits per heavy atom. The Kier molecular flexibility index (Phi) is 6.63. The SMILES string of the molecule is O=C(CC[C@@](O)(c1ccccc1)[C@@](O)(CCC(=O)N1CCC1)c1ccccc1)N1CCC1. The van der Waals surface area contributed by atoms with Gasteiger partial charge < -0.3 is 20.0 Å². The van der Waals surface area contributed by atoms with Crippen LogP contribution in [-0.2, 0) is 20.8 Å². The van der Waals surface area contributed by atoms with Crippen molar-refractivity contribution in [1.29, 1.82) is 0 Å². The van der Waals surface area contributed by atoms with Gasteiger partial charge in [0.1, 0.15) is 11.2 Å². The average Bonchev–Trinajstić information content (AvgIpc) is 2.74. The number of hydrogen-bond acceptors (Lipinski definition) is 4. The standard InChI is InChI=1S/C26H32N2O4/c29-23(27-17-7-18-27)13-15-25(31,21-9-3-1-4-10-21)26(32,22-11-5-2-6-12-22)16-14-24(30)28-19-8-20-28/h1-6,9-12,31-32H,7-8,13-20H2/t25-,26-/m1/s1. The molecule has 2 heterocycles. The molecule has 2 aliphatic rings. The lowest BCUT2D eigenvalue weighted by Gasteiger charge is -2.45. The van der Waals surface area contributed by atoms with Crippen LogP contribution >= 0.6 is 0 Å². The molecule has 2 N–H and O–H groups in total. The average molecular weight is 437 g/mol. The Bertz CT molecular complexity index is 850. The highest BCUT2D eigenvalue weighted by Crippen LogP contribution is 2.47. The van der Waals surface area contributed by atoms with E-state index in [-0.39, 0.29) is 37.5 Å². The molecule has 2 saturated heterocycles. The van der Waals surface area contributed by atoms with E-state index in [0.717, 1.165) is 39.0 Å². The van der Waals surface area contributed by atoms with Crippen molar-refractivity contribution < 1.29 is 19.8 Å². The van der Waals surface area contributed by atoms with Crippen molar-refractivity contribution in [2.24, 2.45) is 0 Å². The van der Waals surface area contributed by atoms with E-state index in [0.29, 0.717) is 11.1 Å². The maximum absolute atomic E-state index is 12.6. The Morgan fingerprint density at radius 3 is 1.28 bits per heavy atom. The predicted molar refractivity (Wildman–Crippen MR) is 122 cm³/mol. The normalized spacial score (nSPS) is 19.3. The van der Waals surface area contributed by atoms with Crippen LogP contribution in [0.2, 0.25) is 0 Å². The minimum Gasteiger partial charge on any atom is -0.382 e. The molecular weight excluding hydrogens is 404 g/mol. The van der Waals surface area contributed by atoms with Gasteiger partial charge in [-0.15, -0.1) is 0 Å². The lowest BCUT2D eigenvalue weighted by Crippen LogP contribution is -2.51. The van der Waals surface area contributed by atoms with Gasteiger partial charge in [-0.3, -0.25) is 9.59 Å². The molecule has 0 aliphatic carbocycles. The highest BCUT2D eigenvalue weighted by atomic mass is 16.4. The maximum Gasteiger partial charge on any atom is 0.222 e. The van der Waals surface area contributed by atoms with Gasteiger partial charge in [0.15, 0.2) is 0 Å². The predicted octanol–water partition coefficient (Wildman–Crippen LogP) is 2.79. The smallest absolute Gasteiger partial charge is 0.222 e. The third-order valence-corrected chi connectivity index (χ3v) is 7.01. The summed E-state index contributed by atoms with van der Waals surface area (Å²) < 4.78 is 0. The Hall–Kier alpha value is -2.70. The van der Waals surface area contributed by atoms with Crippen LogP contribution in [0.15, 0.2) is 60.7 Å². The summed E-state index contributed by atoms with van der Waals surface area (Å²) in [5.74, 6) is -0.0321. The number of aliphatic hydroxyl groups is 2. The first-order valence-corrected chi connectivity index (χ1v) is 11.6. The van der Waals surface area contributed by atoms with Gasteiger partial charge in [0.05, 0.1) is 0 Å². The molecule has 4 rings (SSSR count). The first-order chi connectivity index (χ1) is 15.4. The molecule has 6 nitrogen and oxygen atoms in total. The summed E-state index contributed by atoms with van der Waals surface area (Å²) in [7, 11) is 0. The molecular formula is C26H32N2O4. The molecule has 2 amide bonds. The summed E-state index contributed by atoms with van der Waals surface area (Å²) in [6.45, 7) is 2.98. The van der Waals surface area contributed by atoms with Gasteiger partial charge in [-0.25, -0.2) is 0 Å². The number of hydrogen-bond donors (Lipinski definition) is 2. The van der Waals surface area contributed by atoms with E-state index in [9.17, 15) is 19.8 Å². The van der Waals surface area contributed by atoms with E-state index in [2.05, 4.69) is 0 Å². The van der Waals surface area contributed by atoms with E-state index in [1.165, 1.54) is 0 Å². The molecule has 0 radical (unpaired) electrons. The summed E-state index contributed by atoms with van der Waals surface area (Å²) in [5, 5.41) is 24.3. The molecule has 170 valence electrons. The Balaban J connectivity index is 1.68.